The lowest BCUT2D eigenvalue weighted by Gasteiger charge is -2.11. The second-order valence-corrected chi connectivity index (χ2v) is 5.01. The Morgan fingerprint density at radius 3 is 2.53 bits per heavy atom. The number of carbonyl (C=O) groups is 1. The van der Waals surface area contributed by atoms with Gasteiger partial charge in [-0.25, -0.2) is 0 Å². The SMILES string of the molecule is CC(=O)N[C@@H](C)CCc1ccc(I)cc1. The van der Waals surface area contributed by atoms with Crippen molar-refractivity contribution in [1.82, 2.24) is 5.32 Å². The average Bonchev–Trinajstić information content (AvgIpc) is 2.16. The van der Waals surface area contributed by atoms with E-state index in [1.165, 1.54) is 9.13 Å². The largest absolute Gasteiger partial charge is 0.354 e. The van der Waals surface area contributed by atoms with Crippen LogP contribution >= 0.6 is 22.6 Å². The number of carbonyl (C=O) groups excluding carboxylic acids is 1. The predicted octanol–water partition coefficient (Wildman–Crippen LogP) is 2.75. The van der Waals surface area contributed by atoms with Crippen molar-refractivity contribution in [1.29, 1.82) is 0 Å². The average molecular weight is 317 g/mol. The first kappa shape index (κ1) is 12.5. The maximum absolute atomic E-state index is 10.8. The lowest BCUT2D eigenvalue weighted by molar-refractivity contribution is -0.119. The summed E-state index contributed by atoms with van der Waals surface area (Å²) in [6.45, 7) is 3.59. The summed E-state index contributed by atoms with van der Waals surface area (Å²) in [5, 5.41) is 2.88. The number of benzene rings is 1. The molecule has 0 aliphatic heterocycles. The molecule has 0 unspecified atom stereocenters. The van der Waals surface area contributed by atoms with Gasteiger partial charge in [-0.15, -0.1) is 0 Å². The van der Waals surface area contributed by atoms with E-state index in [1.807, 2.05) is 6.92 Å². The molecule has 2 nitrogen and oxygen atoms in total. The molecule has 1 N–H and O–H groups in total. The van der Waals surface area contributed by atoms with Crippen molar-refractivity contribution in [2.24, 2.45) is 0 Å². The first-order valence-corrected chi connectivity index (χ1v) is 6.17. The molecule has 0 saturated heterocycles. The van der Waals surface area contributed by atoms with Crippen molar-refractivity contribution in [3.63, 3.8) is 0 Å². The minimum atomic E-state index is 0.0464. The highest BCUT2D eigenvalue weighted by molar-refractivity contribution is 14.1. The zero-order valence-corrected chi connectivity index (χ0v) is 11.2. The Bertz CT molecular complexity index is 321. The van der Waals surface area contributed by atoms with Crippen molar-refractivity contribution < 1.29 is 4.79 Å². The van der Waals surface area contributed by atoms with Gasteiger partial charge in [0.15, 0.2) is 0 Å². The van der Waals surface area contributed by atoms with Crippen LogP contribution < -0.4 is 5.32 Å². The molecule has 0 radical (unpaired) electrons. The standard InChI is InChI=1S/C12H16INO/c1-9(14-10(2)15)3-4-11-5-7-12(13)8-6-11/h5-9H,3-4H2,1-2H3,(H,14,15)/t9-/m0/s1. The Labute approximate surface area is 105 Å². The molecule has 1 aromatic carbocycles. The summed E-state index contributed by atoms with van der Waals surface area (Å²) in [6, 6.07) is 8.75. The van der Waals surface area contributed by atoms with Crippen molar-refractivity contribution in [3.8, 4) is 0 Å². The maximum Gasteiger partial charge on any atom is 0.217 e. The second-order valence-electron chi connectivity index (χ2n) is 3.77. The highest BCUT2D eigenvalue weighted by Crippen LogP contribution is 2.09. The molecular weight excluding hydrogens is 301 g/mol. The van der Waals surface area contributed by atoms with Crippen LogP contribution in [0.15, 0.2) is 24.3 Å². The summed E-state index contributed by atoms with van der Waals surface area (Å²) in [5.74, 6) is 0.0464. The van der Waals surface area contributed by atoms with Gasteiger partial charge in [-0.05, 0) is 60.1 Å². The molecule has 1 rings (SSSR count). The zero-order valence-electron chi connectivity index (χ0n) is 9.09. The summed E-state index contributed by atoms with van der Waals surface area (Å²) in [7, 11) is 0. The highest BCUT2D eigenvalue weighted by Gasteiger charge is 2.03. The number of hydrogen-bond acceptors (Lipinski definition) is 1. The van der Waals surface area contributed by atoms with Gasteiger partial charge in [-0.2, -0.15) is 0 Å². The van der Waals surface area contributed by atoms with E-state index in [2.05, 4.69) is 52.2 Å². The van der Waals surface area contributed by atoms with Crippen LogP contribution in [-0.2, 0) is 11.2 Å². The molecule has 0 aliphatic rings. The molecule has 15 heavy (non-hydrogen) atoms. The molecule has 0 spiro atoms. The van der Waals surface area contributed by atoms with E-state index in [9.17, 15) is 4.79 Å². The van der Waals surface area contributed by atoms with E-state index >= 15 is 0 Å². The number of hydrogen-bond donors (Lipinski definition) is 1. The van der Waals surface area contributed by atoms with Crippen LogP contribution in [0.4, 0.5) is 0 Å². The quantitative estimate of drug-likeness (QED) is 0.850. The topological polar surface area (TPSA) is 29.1 Å². The van der Waals surface area contributed by atoms with Gasteiger partial charge >= 0.3 is 0 Å². The third-order valence-corrected chi connectivity index (χ3v) is 2.95. The first-order valence-electron chi connectivity index (χ1n) is 5.09. The molecule has 1 aromatic rings. The lowest BCUT2D eigenvalue weighted by atomic mass is 10.1. The molecule has 1 atom stereocenters. The highest BCUT2D eigenvalue weighted by atomic mass is 127. The molecule has 0 saturated carbocycles. The predicted molar refractivity (Wildman–Crippen MR) is 70.8 cm³/mol. The third kappa shape index (κ3) is 5.16. The van der Waals surface area contributed by atoms with Crippen LogP contribution in [0.25, 0.3) is 0 Å². The Morgan fingerprint density at radius 1 is 1.40 bits per heavy atom. The van der Waals surface area contributed by atoms with Crippen molar-refractivity contribution in [2.45, 2.75) is 32.7 Å². The van der Waals surface area contributed by atoms with E-state index < -0.39 is 0 Å². The van der Waals surface area contributed by atoms with Gasteiger partial charge in [0.25, 0.3) is 0 Å². The summed E-state index contributed by atoms with van der Waals surface area (Å²) < 4.78 is 1.26. The molecule has 1 amide bonds. The fourth-order valence-corrected chi connectivity index (χ4v) is 1.81. The maximum atomic E-state index is 10.8. The number of aryl methyl sites for hydroxylation is 1. The van der Waals surface area contributed by atoms with Gasteiger partial charge in [-0.3, -0.25) is 4.79 Å². The molecule has 0 aromatic heterocycles. The van der Waals surface area contributed by atoms with E-state index in [0.717, 1.165) is 12.8 Å². The smallest absolute Gasteiger partial charge is 0.217 e. The van der Waals surface area contributed by atoms with Gasteiger partial charge in [0.05, 0.1) is 0 Å². The van der Waals surface area contributed by atoms with Crippen molar-refractivity contribution in [2.75, 3.05) is 0 Å². The number of nitrogens with one attached hydrogen (secondary N) is 1. The summed E-state index contributed by atoms with van der Waals surface area (Å²) >= 11 is 2.30. The van der Waals surface area contributed by atoms with Crippen molar-refractivity contribution in [3.05, 3.63) is 33.4 Å². The molecule has 82 valence electrons. The number of halogens is 1. The van der Waals surface area contributed by atoms with Crippen LogP contribution in [0.1, 0.15) is 25.8 Å². The third-order valence-electron chi connectivity index (χ3n) is 2.23. The fourth-order valence-electron chi connectivity index (χ4n) is 1.45. The normalized spacial score (nSPS) is 12.2. The van der Waals surface area contributed by atoms with Crippen LogP contribution in [0, 0.1) is 3.57 Å². The fraction of sp³-hybridized carbons (Fsp3) is 0.417. The zero-order chi connectivity index (χ0) is 11.3. The van der Waals surface area contributed by atoms with E-state index in [0.29, 0.717) is 0 Å². The number of rotatable bonds is 4. The summed E-state index contributed by atoms with van der Waals surface area (Å²) in [4.78, 5) is 10.8. The van der Waals surface area contributed by atoms with Gasteiger partial charge in [0.2, 0.25) is 5.91 Å². The number of amides is 1. The monoisotopic (exact) mass is 317 g/mol. The molecule has 0 aliphatic carbocycles. The Balaban J connectivity index is 2.36. The minimum Gasteiger partial charge on any atom is -0.354 e. The van der Waals surface area contributed by atoms with E-state index in [4.69, 9.17) is 0 Å². The van der Waals surface area contributed by atoms with Gasteiger partial charge in [0.1, 0.15) is 0 Å². The Morgan fingerprint density at radius 2 is 2.00 bits per heavy atom. The van der Waals surface area contributed by atoms with E-state index in [1.54, 1.807) is 6.92 Å². The molecule has 3 heteroatoms. The Hall–Kier alpha value is -0.580. The van der Waals surface area contributed by atoms with Gasteiger partial charge < -0.3 is 5.32 Å². The van der Waals surface area contributed by atoms with Crippen LogP contribution in [0.5, 0.6) is 0 Å². The van der Waals surface area contributed by atoms with Crippen LogP contribution in [0.2, 0.25) is 0 Å². The summed E-state index contributed by atoms with van der Waals surface area (Å²) in [5.41, 5.74) is 1.33. The molecule has 0 heterocycles. The summed E-state index contributed by atoms with van der Waals surface area (Å²) in [6.07, 6.45) is 2.00. The van der Waals surface area contributed by atoms with E-state index in [-0.39, 0.29) is 11.9 Å². The first-order chi connectivity index (χ1) is 7.08. The van der Waals surface area contributed by atoms with Crippen LogP contribution in [0.3, 0.4) is 0 Å². The molecule has 0 bridgehead atoms. The van der Waals surface area contributed by atoms with Gasteiger partial charge in [-0.1, -0.05) is 12.1 Å². The Kier molecular flexibility index (Phi) is 5.08. The molecular formula is C12H16INO. The van der Waals surface area contributed by atoms with Crippen LogP contribution in [-0.4, -0.2) is 11.9 Å². The molecule has 0 fully saturated rings. The lowest BCUT2D eigenvalue weighted by Crippen LogP contribution is -2.30. The van der Waals surface area contributed by atoms with Crippen molar-refractivity contribution >= 4 is 28.5 Å². The van der Waals surface area contributed by atoms with Gasteiger partial charge in [0, 0.05) is 16.5 Å². The second kappa shape index (κ2) is 6.10. The minimum absolute atomic E-state index is 0.0464.